The molecule has 0 saturated carbocycles. The van der Waals surface area contributed by atoms with Crippen molar-refractivity contribution in [1.29, 1.82) is 0 Å². The molecule has 0 aliphatic carbocycles. The first-order valence-electron chi connectivity index (χ1n) is 6.67. The van der Waals surface area contributed by atoms with E-state index < -0.39 is 12.5 Å². The highest BCUT2D eigenvalue weighted by molar-refractivity contribution is 5.90. The molecule has 0 bridgehead atoms. The van der Waals surface area contributed by atoms with Gasteiger partial charge >= 0.3 is 6.55 Å². The zero-order chi connectivity index (χ0) is 16.5. The van der Waals surface area contributed by atoms with Crippen LogP contribution < -0.4 is 0 Å². The minimum atomic E-state index is -2.70. The van der Waals surface area contributed by atoms with E-state index in [9.17, 15) is 13.6 Å². The molecule has 7 nitrogen and oxygen atoms in total. The fraction of sp³-hybridized carbons (Fsp3) is 0.538. The third-order valence-corrected chi connectivity index (χ3v) is 3.05. The van der Waals surface area contributed by atoms with E-state index in [0.29, 0.717) is 4.57 Å². The molecule has 0 N–H and O–H groups in total. The number of rotatable bonds is 4. The minimum absolute atomic E-state index is 0.0209. The molecule has 0 spiro atoms. The van der Waals surface area contributed by atoms with Gasteiger partial charge in [-0.25, -0.2) is 14.6 Å². The van der Waals surface area contributed by atoms with Crippen LogP contribution in [0.1, 0.15) is 43.8 Å². The zero-order valence-electron chi connectivity index (χ0n) is 12.9. The van der Waals surface area contributed by atoms with Gasteiger partial charge in [-0.3, -0.25) is 9.36 Å². The van der Waals surface area contributed by atoms with Crippen LogP contribution in [0, 0.1) is 0 Å². The van der Waals surface area contributed by atoms with E-state index in [-0.39, 0.29) is 23.7 Å². The van der Waals surface area contributed by atoms with Crippen molar-refractivity contribution in [3.05, 3.63) is 30.4 Å². The number of halogens is 2. The number of alkyl halides is 2. The molecule has 0 saturated heterocycles. The second-order valence-electron chi connectivity index (χ2n) is 5.87. The van der Waals surface area contributed by atoms with Gasteiger partial charge in [-0.05, 0) is 20.8 Å². The summed E-state index contributed by atoms with van der Waals surface area (Å²) in [6.07, 6.45) is 3.92. The quantitative estimate of drug-likeness (QED) is 0.864. The standard InChI is InChI=1S/C13H18F2N6O/c1-13(2,3)21-8-17-10(18-21)11(22)19(4)7-9-16-5-6-20(9)12(14)15/h5-6,8,12H,7H2,1-4H3. The lowest BCUT2D eigenvalue weighted by molar-refractivity contribution is 0.0609. The average Bonchev–Trinajstić information content (AvgIpc) is 3.05. The summed E-state index contributed by atoms with van der Waals surface area (Å²) in [5.41, 5.74) is -0.296. The summed E-state index contributed by atoms with van der Waals surface area (Å²) in [6, 6.07) is 0. The molecule has 2 aromatic heterocycles. The first kappa shape index (κ1) is 16.1. The van der Waals surface area contributed by atoms with Gasteiger partial charge in [0.15, 0.2) is 0 Å². The Morgan fingerprint density at radius 2 is 2.05 bits per heavy atom. The van der Waals surface area contributed by atoms with Crippen LogP contribution in [0.2, 0.25) is 0 Å². The van der Waals surface area contributed by atoms with Crippen LogP contribution in [0.15, 0.2) is 18.7 Å². The van der Waals surface area contributed by atoms with Gasteiger partial charge in [0.1, 0.15) is 12.2 Å². The van der Waals surface area contributed by atoms with E-state index in [1.165, 1.54) is 30.7 Å². The van der Waals surface area contributed by atoms with Crippen molar-refractivity contribution in [1.82, 2.24) is 29.2 Å². The van der Waals surface area contributed by atoms with E-state index in [4.69, 9.17) is 0 Å². The number of carbonyl (C=O) groups is 1. The Balaban J connectivity index is 2.12. The topological polar surface area (TPSA) is 68.8 Å². The van der Waals surface area contributed by atoms with Crippen LogP contribution in [-0.2, 0) is 12.1 Å². The van der Waals surface area contributed by atoms with Crippen LogP contribution in [-0.4, -0.2) is 42.2 Å². The third kappa shape index (κ3) is 3.29. The lowest BCUT2D eigenvalue weighted by Crippen LogP contribution is -2.29. The third-order valence-electron chi connectivity index (χ3n) is 3.05. The normalized spacial score (nSPS) is 12.0. The van der Waals surface area contributed by atoms with Gasteiger partial charge in [0.05, 0.1) is 12.1 Å². The van der Waals surface area contributed by atoms with Gasteiger partial charge in [-0.1, -0.05) is 0 Å². The average molecular weight is 312 g/mol. The molecule has 1 amide bonds. The molecule has 9 heteroatoms. The van der Waals surface area contributed by atoms with Crippen LogP contribution in [0.4, 0.5) is 8.78 Å². The highest BCUT2D eigenvalue weighted by Gasteiger charge is 2.22. The Bertz CT molecular complexity index is 658. The van der Waals surface area contributed by atoms with Crippen LogP contribution in [0.5, 0.6) is 0 Å². The van der Waals surface area contributed by atoms with E-state index in [0.717, 1.165) is 0 Å². The van der Waals surface area contributed by atoms with Crippen molar-refractivity contribution < 1.29 is 13.6 Å². The predicted octanol–water partition coefficient (Wildman–Crippen LogP) is 1.90. The monoisotopic (exact) mass is 312 g/mol. The van der Waals surface area contributed by atoms with Crippen molar-refractivity contribution in [2.45, 2.75) is 39.4 Å². The smallest absolute Gasteiger partial charge is 0.319 e. The fourth-order valence-corrected chi connectivity index (χ4v) is 1.78. The van der Waals surface area contributed by atoms with E-state index >= 15 is 0 Å². The molecular weight excluding hydrogens is 294 g/mol. The lowest BCUT2D eigenvalue weighted by Gasteiger charge is -2.18. The Morgan fingerprint density at radius 3 is 2.59 bits per heavy atom. The molecule has 2 rings (SSSR count). The SMILES string of the molecule is CN(Cc1nccn1C(F)F)C(=O)c1ncn(C(C)(C)C)n1. The number of hydrogen-bond donors (Lipinski definition) is 0. The Kier molecular flexibility index (Phi) is 4.25. The molecular formula is C13H18F2N6O. The molecule has 2 heterocycles. The number of amides is 1. The second-order valence-corrected chi connectivity index (χ2v) is 5.87. The molecule has 0 unspecified atom stereocenters. The number of nitrogens with zero attached hydrogens (tertiary/aromatic N) is 6. The van der Waals surface area contributed by atoms with Crippen molar-refractivity contribution in [2.75, 3.05) is 7.05 Å². The Hall–Kier alpha value is -2.32. The lowest BCUT2D eigenvalue weighted by atomic mass is 10.1. The molecule has 0 atom stereocenters. The maximum atomic E-state index is 12.8. The molecule has 0 radical (unpaired) electrons. The van der Waals surface area contributed by atoms with Gasteiger partial charge in [0.25, 0.3) is 5.91 Å². The zero-order valence-corrected chi connectivity index (χ0v) is 12.9. The maximum Gasteiger partial charge on any atom is 0.319 e. The van der Waals surface area contributed by atoms with Crippen molar-refractivity contribution in [2.24, 2.45) is 0 Å². The predicted molar refractivity (Wildman–Crippen MR) is 74.3 cm³/mol. The van der Waals surface area contributed by atoms with E-state index in [2.05, 4.69) is 15.1 Å². The molecule has 0 fully saturated rings. The van der Waals surface area contributed by atoms with Crippen LogP contribution in [0.3, 0.4) is 0 Å². The summed E-state index contributed by atoms with van der Waals surface area (Å²) in [4.78, 5) is 21.3. The molecule has 0 aliphatic rings. The summed E-state index contributed by atoms with van der Waals surface area (Å²) in [6.45, 7) is 3.04. The summed E-state index contributed by atoms with van der Waals surface area (Å²) in [5, 5.41) is 4.13. The van der Waals surface area contributed by atoms with Gasteiger partial charge in [0.2, 0.25) is 5.82 Å². The Morgan fingerprint density at radius 1 is 1.36 bits per heavy atom. The van der Waals surface area contributed by atoms with E-state index in [1.807, 2.05) is 20.8 Å². The van der Waals surface area contributed by atoms with Crippen LogP contribution >= 0.6 is 0 Å². The van der Waals surface area contributed by atoms with Gasteiger partial charge < -0.3 is 4.90 Å². The number of hydrogen-bond acceptors (Lipinski definition) is 4. The number of carbonyl (C=O) groups excluding carboxylic acids is 1. The summed E-state index contributed by atoms with van der Waals surface area (Å²) >= 11 is 0. The van der Waals surface area contributed by atoms with Crippen LogP contribution in [0.25, 0.3) is 0 Å². The molecule has 2 aromatic rings. The molecule has 0 aliphatic heterocycles. The van der Waals surface area contributed by atoms with Crippen molar-refractivity contribution >= 4 is 5.91 Å². The summed E-state index contributed by atoms with van der Waals surface area (Å²) < 4.78 is 27.8. The summed E-state index contributed by atoms with van der Waals surface area (Å²) in [7, 11) is 1.49. The van der Waals surface area contributed by atoms with E-state index in [1.54, 1.807) is 4.68 Å². The second kappa shape index (κ2) is 5.82. The first-order valence-corrected chi connectivity index (χ1v) is 6.67. The number of imidazole rings is 1. The fourth-order valence-electron chi connectivity index (χ4n) is 1.78. The largest absolute Gasteiger partial charge is 0.331 e. The molecule has 120 valence electrons. The molecule has 22 heavy (non-hydrogen) atoms. The maximum absolute atomic E-state index is 12.8. The van der Waals surface area contributed by atoms with Crippen molar-refractivity contribution in [3.8, 4) is 0 Å². The minimum Gasteiger partial charge on any atom is -0.331 e. The highest BCUT2D eigenvalue weighted by Crippen LogP contribution is 2.15. The van der Waals surface area contributed by atoms with Gasteiger partial charge in [0, 0.05) is 19.4 Å². The Labute approximate surface area is 126 Å². The van der Waals surface area contributed by atoms with Crippen molar-refractivity contribution in [3.63, 3.8) is 0 Å². The number of aromatic nitrogens is 5. The van der Waals surface area contributed by atoms with Gasteiger partial charge in [-0.15, -0.1) is 5.10 Å². The summed E-state index contributed by atoms with van der Waals surface area (Å²) in [5.74, 6) is -0.333. The highest BCUT2D eigenvalue weighted by atomic mass is 19.3. The van der Waals surface area contributed by atoms with Gasteiger partial charge in [-0.2, -0.15) is 8.78 Å². The first-order chi connectivity index (χ1) is 10.2. The molecule has 0 aromatic carbocycles.